The zero-order valence-electron chi connectivity index (χ0n) is 15.1. The lowest BCUT2D eigenvalue weighted by atomic mass is 10.0. The summed E-state index contributed by atoms with van der Waals surface area (Å²) in [4.78, 5) is 0. The van der Waals surface area contributed by atoms with Gasteiger partial charge in [-0.05, 0) is 33.3 Å². The van der Waals surface area contributed by atoms with Crippen LogP contribution in [-0.2, 0) is 6.42 Å². The molecule has 0 aromatic heterocycles. The van der Waals surface area contributed by atoms with E-state index in [1.807, 2.05) is 6.07 Å². The normalized spacial score (nSPS) is 14.2. The highest BCUT2D eigenvalue weighted by molar-refractivity contribution is 7.68. The van der Waals surface area contributed by atoms with Crippen LogP contribution in [0.25, 0.3) is 0 Å². The van der Waals surface area contributed by atoms with Gasteiger partial charge >= 0.3 is 0 Å². The molecule has 2 aromatic rings. The van der Waals surface area contributed by atoms with Gasteiger partial charge in [0.2, 0.25) is 0 Å². The molecule has 0 atom stereocenters. The van der Waals surface area contributed by atoms with Crippen LogP contribution >= 0.6 is 7.92 Å². The Morgan fingerprint density at radius 1 is 0.783 bits per heavy atom. The molecule has 3 rings (SSSR count). The van der Waals surface area contributed by atoms with Crippen molar-refractivity contribution in [2.45, 2.75) is 58.3 Å². The first kappa shape index (κ1) is 16.5. The number of hydrogen-bond donors (Lipinski definition) is 0. The number of ether oxygens (including phenoxy) is 1. The van der Waals surface area contributed by atoms with Crippen LogP contribution in [0.5, 0.6) is 11.5 Å². The molecule has 0 spiro atoms. The monoisotopic (exact) mass is 326 g/mol. The molecule has 1 nitrogen and oxygen atoms in total. The minimum absolute atomic E-state index is 0.264. The zero-order chi connectivity index (χ0) is 16.8. The Bertz CT molecular complexity index is 705. The second-order valence-corrected chi connectivity index (χ2v) is 12.2. The minimum atomic E-state index is -0.322. The zero-order valence-corrected chi connectivity index (χ0v) is 16.0. The number of para-hydroxylation sites is 1. The summed E-state index contributed by atoms with van der Waals surface area (Å²) in [5.41, 5.74) is 2.69. The largest absolute Gasteiger partial charge is 0.457 e. The Kier molecular flexibility index (Phi) is 4.05. The van der Waals surface area contributed by atoms with Gasteiger partial charge < -0.3 is 4.74 Å². The Hall–Kier alpha value is -1.33. The van der Waals surface area contributed by atoms with Crippen molar-refractivity contribution in [1.82, 2.24) is 0 Å². The standard InChI is InChI=1S/C21H27OP/c1-20(2,3)23(21(4,5)6)19-13-9-12-18-16(19)14-15-10-7-8-11-17(15)22-18/h7-13H,14H2,1-6H3. The molecule has 0 bridgehead atoms. The first-order chi connectivity index (χ1) is 10.7. The average molecular weight is 326 g/mol. The Labute approximate surface area is 141 Å². The molecule has 0 amide bonds. The van der Waals surface area contributed by atoms with Gasteiger partial charge in [0.25, 0.3) is 0 Å². The van der Waals surface area contributed by atoms with Gasteiger partial charge in [-0.15, -0.1) is 0 Å². The average Bonchev–Trinajstić information content (AvgIpc) is 2.42. The number of rotatable bonds is 1. The van der Waals surface area contributed by atoms with E-state index < -0.39 is 0 Å². The molecule has 0 unspecified atom stereocenters. The fourth-order valence-electron chi connectivity index (χ4n) is 3.82. The molecular formula is C21H27OP. The third-order valence-electron chi connectivity index (χ3n) is 4.25. The van der Waals surface area contributed by atoms with Crippen LogP contribution in [0.3, 0.4) is 0 Å². The van der Waals surface area contributed by atoms with Crippen molar-refractivity contribution in [2.24, 2.45) is 0 Å². The number of fused-ring (bicyclic) bond motifs is 2. The van der Waals surface area contributed by atoms with E-state index in [9.17, 15) is 0 Å². The van der Waals surface area contributed by atoms with E-state index in [-0.39, 0.29) is 18.2 Å². The van der Waals surface area contributed by atoms with E-state index in [4.69, 9.17) is 4.74 Å². The fraction of sp³-hybridized carbons (Fsp3) is 0.429. The molecule has 1 aliphatic heterocycles. The first-order valence-corrected chi connectivity index (χ1v) is 9.70. The summed E-state index contributed by atoms with van der Waals surface area (Å²) in [6.07, 6.45) is 0.979. The Morgan fingerprint density at radius 3 is 2.04 bits per heavy atom. The minimum Gasteiger partial charge on any atom is -0.457 e. The summed E-state index contributed by atoms with van der Waals surface area (Å²) in [6, 6.07) is 15.0. The van der Waals surface area contributed by atoms with Crippen LogP contribution in [0, 0.1) is 0 Å². The summed E-state index contributed by atoms with van der Waals surface area (Å²) in [5.74, 6) is 2.05. The molecular weight excluding hydrogens is 299 g/mol. The summed E-state index contributed by atoms with van der Waals surface area (Å²) in [5, 5.41) is 2.03. The van der Waals surface area contributed by atoms with Crippen molar-refractivity contribution in [3.05, 3.63) is 53.6 Å². The van der Waals surface area contributed by atoms with Gasteiger partial charge in [0.1, 0.15) is 11.5 Å². The fourth-order valence-corrected chi connectivity index (χ4v) is 7.98. The van der Waals surface area contributed by atoms with E-state index in [2.05, 4.69) is 77.9 Å². The van der Waals surface area contributed by atoms with Crippen LogP contribution in [0.15, 0.2) is 42.5 Å². The van der Waals surface area contributed by atoms with Crippen molar-refractivity contribution in [3.63, 3.8) is 0 Å². The molecule has 2 heteroatoms. The quantitative estimate of drug-likeness (QED) is 0.492. The van der Waals surface area contributed by atoms with E-state index in [1.165, 1.54) is 16.4 Å². The van der Waals surface area contributed by atoms with Crippen molar-refractivity contribution in [3.8, 4) is 11.5 Å². The third-order valence-corrected chi connectivity index (χ3v) is 7.83. The molecule has 2 aromatic carbocycles. The molecule has 122 valence electrons. The molecule has 0 saturated heterocycles. The lowest BCUT2D eigenvalue weighted by Gasteiger charge is -2.43. The van der Waals surface area contributed by atoms with E-state index in [0.29, 0.717) is 0 Å². The predicted octanol–water partition coefficient (Wildman–Crippen LogP) is 6.09. The highest BCUT2D eigenvalue weighted by Gasteiger charge is 2.38. The maximum Gasteiger partial charge on any atom is 0.131 e. The smallest absolute Gasteiger partial charge is 0.131 e. The van der Waals surface area contributed by atoms with Crippen molar-refractivity contribution < 1.29 is 4.74 Å². The summed E-state index contributed by atoms with van der Waals surface area (Å²) >= 11 is 0. The van der Waals surface area contributed by atoms with E-state index >= 15 is 0 Å². The van der Waals surface area contributed by atoms with Gasteiger partial charge in [0, 0.05) is 12.0 Å². The van der Waals surface area contributed by atoms with Gasteiger partial charge in [-0.1, -0.05) is 79.8 Å². The van der Waals surface area contributed by atoms with Crippen LogP contribution in [0.2, 0.25) is 0 Å². The van der Waals surface area contributed by atoms with Gasteiger partial charge in [-0.2, -0.15) is 0 Å². The summed E-state index contributed by atoms with van der Waals surface area (Å²) in [7, 11) is -0.322. The van der Waals surface area contributed by atoms with E-state index in [1.54, 1.807) is 0 Å². The van der Waals surface area contributed by atoms with Gasteiger partial charge in [0.05, 0.1) is 0 Å². The second-order valence-electron chi connectivity index (χ2n) is 8.32. The van der Waals surface area contributed by atoms with Crippen LogP contribution in [-0.4, -0.2) is 10.3 Å². The Morgan fingerprint density at radius 2 is 1.39 bits per heavy atom. The molecule has 0 N–H and O–H groups in total. The Balaban J connectivity index is 2.13. The molecule has 0 fully saturated rings. The maximum atomic E-state index is 6.20. The number of hydrogen-bond acceptors (Lipinski definition) is 1. The lowest BCUT2D eigenvalue weighted by Crippen LogP contribution is -2.33. The topological polar surface area (TPSA) is 9.23 Å². The molecule has 1 aliphatic rings. The first-order valence-electron chi connectivity index (χ1n) is 8.36. The molecule has 1 heterocycles. The SMILES string of the molecule is CC(C)(C)P(c1cccc2c1Cc1ccccc1O2)C(C)(C)C. The van der Waals surface area contributed by atoms with Gasteiger partial charge in [-0.25, -0.2) is 0 Å². The molecule has 0 radical (unpaired) electrons. The van der Waals surface area contributed by atoms with Gasteiger partial charge in [-0.3, -0.25) is 0 Å². The third kappa shape index (κ3) is 3.17. The molecule has 0 saturated carbocycles. The van der Waals surface area contributed by atoms with Crippen LogP contribution in [0.1, 0.15) is 52.7 Å². The van der Waals surface area contributed by atoms with E-state index in [0.717, 1.165) is 17.9 Å². The van der Waals surface area contributed by atoms with Crippen LogP contribution < -0.4 is 10.0 Å². The second kappa shape index (κ2) is 5.64. The maximum absolute atomic E-state index is 6.20. The highest BCUT2D eigenvalue weighted by atomic mass is 31.1. The van der Waals surface area contributed by atoms with Gasteiger partial charge in [0.15, 0.2) is 0 Å². The summed E-state index contributed by atoms with van der Waals surface area (Å²) in [6.45, 7) is 14.3. The predicted molar refractivity (Wildman–Crippen MR) is 102 cm³/mol. The molecule has 23 heavy (non-hydrogen) atoms. The highest BCUT2D eigenvalue weighted by Crippen LogP contribution is 2.59. The van der Waals surface area contributed by atoms with Crippen molar-refractivity contribution in [2.75, 3.05) is 0 Å². The van der Waals surface area contributed by atoms with Crippen molar-refractivity contribution in [1.29, 1.82) is 0 Å². The summed E-state index contributed by atoms with van der Waals surface area (Å²) < 4.78 is 6.20. The van der Waals surface area contributed by atoms with Crippen LogP contribution in [0.4, 0.5) is 0 Å². The van der Waals surface area contributed by atoms with Crippen molar-refractivity contribution >= 4 is 13.2 Å². The number of benzene rings is 2. The lowest BCUT2D eigenvalue weighted by molar-refractivity contribution is 0.461. The molecule has 0 aliphatic carbocycles.